The maximum Gasteiger partial charge on any atom is 0.358 e. The highest BCUT2D eigenvalue weighted by atomic mass is 79.9. The molecule has 5 nitrogen and oxygen atoms in total. The van der Waals surface area contributed by atoms with Crippen LogP contribution >= 0.6 is 62.1 Å². The predicted molar refractivity (Wildman–Crippen MR) is 110 cm³/mol. The first kappa shape index (κ1) is 20.4. The molecule has 140 valence electrons. The largest absolute Gasteiger partial charge is 0.496 e. The van der Waals surface area contributed by atoms with E-state index < -0.39 is 5.97 Å². The van der Waals surface area contributed by atoms with Crippen molar-refractivity contribution in [3.63, 3.8) is 0 Å². The van der Waals surface area contributed by atoms with Crippen LogP contribution in [-0.4, -0.2) is 23.0 Å². The summed E-state index contributed by atoms with van der Waals surface area (Å²) in [5, 5.41) is 2.70. The lowest BCUT2D eigenvalue weighted by molar-refractivity contribution is 0.0462. The summed E-state index contributed by atoms with van der Waals surface area (Å²) in [6, 6.07) is 5.64. The minimum absolute atomic E-state index is 0.0378. The number of hydrogen-bond donors (Lipinski definition) is 0. The third kappa shape index (κ3) is 4.55. The van der Waals surface area contributed by atoms with E-state index in [2.05, 4.69) is 25.9 Å². The molecule has 2 aromatic heterocycles. The van der Waals surface area contributed by atoms with Gasteiger partial charge in [-0.2, -0.15) is 0 Å². The number of benzene rings is 1. The van der Waals surface area contributed by atoms with Gasteiger partial charge in [-0.25, -0.2) is 14.8 Å². The summed E-state index contributed by atoms with van der Waals surface area (Å²) in [7, 11) is 1.59. The van der Waals surface area contributed by atoms with Crippen LogP contribution in [0.3, 0.4) is 0 Å². The lowest BCUT2D eigenvalue weighted by Gasteiger charge is -2.07. The Morgan fingerprint density at radius 3 is 2.78 bits per heavy atom. The van der Waals surface area contributed by atoms with E-state index in [1.54, 1.807) is 12.5 Å². The molecule has 3 rings (SSSR count). The van der Waals surface area contributed by atoms with Gasteiger partial charge in [0.25, 0.3) is 0 Å². The quantitative estimate of drug-likeness (QED) is 0.379. The Morgan fingerprint density at radius 1 is 1.26 bits per heavy atom. The maximum absolute atomic E-state index is 12.2. The van der Waals surface area contributed by atoms with Crippen molar-refractivity contribution in [1.82, 2.24) is 9.97 Å². The number of nitrogens with zero attached hydrogens (tertiary/aromatic N) is 2. The van der Waals surface area contributed by atoms with Crippen molar-refractivity contribution in [2.45, 2.75) is 6.61 Å². The van der Waals surface area contributed by atoms with Gasteiger partial charge in [0, 0.05) is 16.0 Å². The van der Waals surface area contributed by atoms with Crippen molar-refractivity contribution in [3.05, 3.63) is 60.7 Å². The Labute approximate surface area is 182 Å². The molecule has 0 fully saturated rings. The average Bonchev–Trinajstić information content (AvgIpc) is 3.13. The van der Waals surface area contributed by atoms with Crippen LogP contribution in [0, 0.1) is 0 Å². The number of carbonyl (C=O) groups is 1. The van der Waals surface area contributed by atoms with Crippen molar-refractivity contribution in [2.75, 3.05) is 7.11 Å². The number of pyridine rings is 1. The fraction of sp³-hybridized carbons (Fsp3) is 0.118. The predicted octanol–water partition coefficient (Wildman–Crippen LogP) is 6.29. The average molecular weight is 509 g/mol. The third-order valence-corrected chi connectivity index (χ3v) is 6.06. The van der Waals surface area contributed by atoms with Crippen molar-refractivity contribution in [1.29, 1.82) is 0 Å². The summed E-state index contributed by atoms with van der Waals surface area (Å²) >= 11 is 22.6. The number of hydrogen-bond acceptors (Lipinski definition) is 6. The molecule has 0 aliphatic heterocycles. The lowest BCUT2D eigenvalue weighted by Crippen LogP contribution is -2.08. The summed E-state index contributed by atoms with van der Waals surface area (Å²) in [4.78, 5) is 20.6. The van der Waals surface area contributed by atoms with Crippen molar-refractivity contribution >= 4 is 68.0 Å². The zero-order valence-corrected chi connectivity index (χ0v) is 18.3. The number of methoxy groups -OCH3 is 1. The number of rotatable bonds is 5. The minimum Gasteiger partial charge on any atom is -0.496 e. The maximum atomic E-state index is 12.2. The first-order valence-electron chi connectivity index (χ1n) is 7.35. The molecule has 0 radical (unpaired) electrons. The number of carbonyl (C=O) groups excluding carboxylic acids is 1. The van der Waals surface area contributed by atoms with Gasteiger partial charge < -0.3 is 9.47 Å². The van der Waals surface area contributed by atoms with E-state index >= 15 is 0 Å². The van der Waals surface area contributed by atoms with Crippen LogP contribution in [0.15, 0.2) is 34.2 Å². The molecule has 0 bridgehead atoms. The van der Waals surface area contributed by atoms with Crippen LogP contribution in [0.2, 0.25) is 15.1 Å². The van der Waals surface area contributed by atoms with Crippen LogP contribution in [-0.2, 0) is 11.3 Å². The third-order valence-electron chi connectivity index (χ3n) is 3.41. The second-order valence-electron chi connectivity index (χ2n) is 5.15. The summed E-state index contributed by atoms with van der Waals surface area (Å²) in [6.07, 6.45) is 1.24. The number of esters is 1. The first-order chi connectivity index (χ1) is 12.9. The molecule has 3 aromatic rings. The normalized spacial score (nSPS) is 10.7. The molecular formula is C17H10BrCl3N2O3S. The van der Waals surface area contributed by atoms with Crippen molar-refractivity contribution < 1.29 is 14.3 Å². The van der Waals surface area contributed by atoms with Gasteiger partial charge in [-0.3, -0.25) is 0 Å². The number of aromatic nitrogens is 2. The molecule has 10 heteroatoms. The first-order valence-corrected chi connectivity index (χ1v) is 10.2. The van der Waals surface area contributed by atoms with Crippen molar-refractivity contribution in [3.8, 4) is 16.3 Å². The van der Waals surface area contributed by atoms with E-state index in [1.807, 2.05) is 18.2 Å². The summed E-state index contributed by atoms with van der Waals surface area (Å²) < 4.78 is 11.5. The van der Waals surface area contributed by atoms with Crippen LogP contribution < -0.4 is 4.74 Å². The highest BCUT2D eigenvalue weighted by Crippen LogP contribution is 2.35. The van der Waals surface area contributed by atoms with Crippen LogP contribution in [0.25, 0.3) is 10.6 Å². The Hall–Kier alpha value is -1.38. The van der Waals surface area contributed by atoms with Gasteiger partial charge in [-0.05, 0) is 18.2 Å². The highest BCUT2D eigenvalue weighted by molar-refractivity contribution is 9.10. The van der Waals surface area contributed by atoms with Crippen molar-refractivity contribution in [2.24, 2.45) is 0 Å². The summed E-state index contributed by atoms with van der Waals surface area (Å²) in [5.41, 5.74) is 1.32. The van der Waals surface area contributed by atoms with Gasteiger partial charge in [-0.1, -0.05) is 50.7 Å². The van der Waals surface area contributed by atoms with E-state index in [9.17, 15) is 4.79 Å². The lowest BCUT2D eigenvalue weighted by atomic mass is 10.2. The van der Waals surface area contributed by atoms with Gasteiger partial charge in [-0.15, -0.1) is 11.3 Å². The highest BCUT2D eigenvalue weighted by Gasteiger charge is 2.19. The molecule has 27 heavy (non-hydrogen) atoms. The van der Waals surface area contributed by atoms with E-state index in [0.29, 0.717) is 11.4 Å². The van der Waals surface area contributed by atoms with Crippen LogP contribution in [0.4, 0.5) is 0 Å². The smallest absolute Gasteiger partial charge is 0.358 e. The molecular weight excluding hydrogens is 499 g/mol. The van der Waals surface area contributed by atoms with Gasteiger partial charge in [0.05, 0.1) is 33.4 Å². The molecule has 0 amide bonds. The molecule has 0 saturated heterocycles. The molecule has 2 heterocycles. The van der Waals surface area contributed by atoms with E-state index in [4.69, 9.17) is 44.3 Å². The summed E-state index contributed by atoms with van der Waals surface area (Å²) in [5.74, 6) is -0.0176. The second-order valence-corrected chi connectivity index (χ2v) is 8.08. The number of ether oxygens (including phenoxy) is 2. The molecule has 1 aromatic carbocycles. The molecule has 0 spiro atoms. The standard InChI is InChI=1S/C17H10BrCl3N2O3S/c1-25-12-3-2-8(18)4-10(12)16-23-9(7-27-16)6-26-17(24)15-14(21)13(20)11(19)5-22-15/h2-5,7H,6H2,1H3. The second kappa shape index (κ2) is 8.75. The van der Waals surface area contributed by atoms with Gasteiger partial charge in [0.15, 0.2) is 5.69 Å². The zero-order valence-electron chi connectivity index (χ0n) is 13.6. The van der Waals surface area contributed by atoms with Gasteiger partial charge in [0.2, 0.25) is 0 Å². The van der Waals surface area contributed by atoms with Gasteiger partial charge in [0.1, 0.15) is 17.4 Å². The number of halogens is 4. The SMILES string of the molecule is COc1ccc(Br)cc1-c1nc(COC(=O)c2ncc(Cl)c(Cl)c2Cl)cs1. The van der Waals surface area contributed by atoms with Gasteiger partial charge >= 0.3 is 5.97 Å². The Balaban J connectivity index is 1.75. The van der Waals surface area contributed by atoms with Crippen LogP contribution in [0.1, 0.15) is 16.2 Å². The van der Waals surface area contributed by atoms with E-state index in [1.165, 1.54) is 17.5 Å². The molecule has 0 aliphatic carbocycles. The molecule has 0 N–H and O–H groups in total. The Morgan fingerprint density at radius 2 is 2.04 bits per heavy atom. The fourth-order valence-corrected chi connectivity index (χ4v) is 3.88. The van der Waals surface area contributed by atoms with E-state index in [0.717, 1.165) is 15.0 Å². The number of thiazole rings is 1. The fourth-order valence-electron chi connectivity index (χ4n) is 2.14. The molecule has 0 atom stereocenters. The molecule has 0 saturated carbocycles. The topological polar surface area (TPSA) is 61.3 Å². The minimum atomic E-state index is -0.715. The zero-order chi connectivity index (χ0) is 19.6. The summed E-state index contributed by atoms with van der Waals surface area (Å²) in [6.45, 7) is -0.0378. The monoisotopic (exact) mass is 506 g/mol. The van der Waals surface area contributed by atoms with Crippen LogP contribution in [0.5, 0.6) is 5.75 Å². The Kier molecular flexibility index (Phi) is 6.60. The molecule has 0 aliphatic rings. The molecule has 0 unspecified atom stereocenters. The Bertz CT molecular complexity index is 1010. The van der Waals surface area contributed by atoms with E-state index in [-0.39, 0.29) is 27.4 Å².